The second-order valence-electron chi connectivity index (χ2n) is 2.61. The van der Waals surface area contributed by atoms with Crippen molar-refractivity contribution in [3.8, 4) is 0 Å². The maximum atomic E-state index is 10.9. The number of rotatable bonds is 3. The molecule has 0 radical (unpaired) electrons. The first-order valence-corrected chi connectivity index (χ1v) is 3.97. The fourth-order valence-electron chi connectivity index (χ4n) is 0.971. The van der Waals surface area contributed by atoms with E-state index < -0.39 is 0 Å². The largest absolute Gasteiger partial charge is 0.469 e. The molecule has 0 N–H and O–H groups in total. The molecule has 14 heavy (non-hydrogen) atoms. The normalized spacial score (nSPS) is 8.93. The summed E-state index contributed by atoms with van der Waals surface area (Å²) in [5, 5.41) is 3.41. The van der Waals surface area contributed by atoms with Gasteiger partial charge >= 0.3 is 5.97 Å². The summed E-state index contributed by atoms with van der Waals surface area (Å²) in [5.74, 6) is -0.290. The average molecular weight is 191 g/mol. The second kappa shape index (κ2) is 4.89. The molecule has 72 valence electrons. The van der Waals surface area contributed by atoms with E-state index in [0.717, 1.165) is 5.56 Å². The number of benzene rings is 1. The van der Waals surface area contributed by atoms with Crippen LogP contribution >= 0.6 is 0 Å². The molecule has 0 aromatic heterocycles. The van der Waals surface area contributed by atoms with Crippen LogP contribution in [0.25, 0.3) is 10.4 Å². The van der Waals surface area contributed by atoms with Crippen molar-refractivity contribution in [1.82, 2.24) is 0 Å². The number of carbonyl (C=O) groups excluding carboxylic acids is 1. The van der Waals surface area contributed by atoms with Crippen LogP contribution in [-0.2, 0) is 16.0 Å². The molecule has 5 nitrogen and oxygen atoms in total. The Morgan fingerprint density at radius 2 is 2.14 bits per heavy atom. The van der Waals surface area contributed by atoms with Gasteiger partial charge in [0, 0.05) is 10.6 Å². The van der Waals surface area contributed by atoms with Crippen molar-refractivity contribution in [2.45, 2.75) is 6.42 Å². The standard InChI is InChI=1S/C9H9N3O2/c1-14-9(13)6-7-2-4-8(5-3-7)11-12-10/h2-5H,6H2,1H3. The number of azide groups is 1. The number of hydrogen-bond acceptors (Lipinski definition) is 3. The molecule has 0 aliphatic carbocycles. The predicted molar refractivity (Wildman–Crippen MR) is 51.0 cm³/mol. The van der Waals surface area contributed by atoms with E-state index in [1.807, 2.05) is 0 Å². The fourth-order valence-corrected chi connectivity index (χ4v) is 0.971. The van der Waals surface area contributed by atoms with Crippen LogP contribution in [-0.4, -0.2) is 13.1 Å². The first-order valence-electron chi connectivity index (χ1n) is 3.97. The molecule has 5 heteroatoms. The van der Waals surface area contributed by atoms with Crippen LogP contribution < -0.4 is 0 Å². The number of nitrogens with zero attached hydrogens (tertiary/aromatic N) is 3. The fraction of sp³-hybridized carbons (Fsp3) is 0.222. The minimum atomic E-state index is -0.290. The van der Waals surface area contributed by atoms with Crippen LogP contribution in [0.1, 0.15) is 5.56 Å². The highest BCUT2D eigenvalue weighted by molar-refractivity contribution is 5.72. The molecule has 0 saturated heterocycles. The summed E-state index contributed by atoms with van der Waals surface area (Å²) in [6, 6.07) is 6.75. The van der Waals surface area contributed by atoms with Crippen LogP contribution in [0, 0.1) is 0 Å². The maximum Gasteiger partial charge on any atom is 0.309 e. The quantitative estimate of drug-likeness (QED) is 0.318. The third-order valence-electron chi connectivity index (χ3n) is 1.67. The minimum absolute atomic E-state index is 0.229. The van der Waals surface area contributed by atoms with Crippen molar-refractivity contribution in [3.05, 3.63) is 40.3 Å². The van der Waals surface area contributed by atoms with Crippen molar-refractivity contribution >= 4 is 11.7 Å². The Balaban J connectivity index is 2.73. The summed E-state index contributed by atoms with van der Waals surface area (Å²) in [6.07, 6.45) is 0.229. The minimum Gasteiger partial charge on any atom is -0.469 e. The first-order chi connectivity index (χ1) is 6.76. The third-order valence-corrected chi connectivity index (χ3v) is 1.67. The van der Waals surface area contributed by atoms with E-state index in [2.05, 4.69) is 14.8 Å². The summed E-state index contributed by atoms with van der Waals surface area (Å²) in [4.78, 5) is 13.5. The zero-order valence-electron chi connectivity index (χ0n) is 7.67. The Kier molecular flexibility index (Phi) is 3.52. The van der Waals surface area contributed by atoms with Crippen molar-refractivity contribution < 1.29 is 9.53 Å². The Morgan fingerprint density at radius 3 is 2.64 bits per heavy atom. The molecule has 0 aliphatic heterocycles. The highest BCUT2D eigenvalue weighted by atomic mass is 16.5. The number of hydrogen-bond donors (Lipinski definition) is 0. The zero-order chi connectivity index (χ0) is 10.4. The van der Waals surface area contributed by atoms with Gasteiger partial charge in [-0.1, -0.05) is 29.4 Å². The number of ether oxygens (including phenoxy) is 1. The lowest BCUT2D eigenvalue weighted by molar-refractivity contribution is -0.139. The predicted octanol–water partition coefficient (Wildman–Crippen LogP) is 2.34. The highest BCUT2D eigenvalue weighted by Gasteiger charge is 2.01. The summed E-state index contributed by atoms with van der Waals surface area (Å²) < 4.78 is 4.51. The Bertz CT molecular complexity index is 366. The van der Waals surface area contributed by atoms with E-state index in [1.165, 1.54) is 7.11 Å². The van der Waals surface area contributed by atoms with Gasteiger partial charge in [-0.2, -0.15) is 0 Å². The van der Waals surface area contributed by atoms with Gasteiger partial charge in [-0.15, -0.1) is 0 Å². The maximum absolute atomic E-state index is 10.9. The first kappa shape index (κ1) is 10.1. The number of esters is 1. The topological polar surface area (TPSA) is 75.1 Å². The molecule has 1 aromatic rings. The zero-order valence-corrected chi connectivity index (χ0v) is 7.67. The van der Waals surface area contributed by atoms with Crippen molar-refractivity contribution in [1.29, 1.82) is 0 Å². The molecule has 0 fully saturated rings. The third kappa shape index (κ3) is 2.80. The van der Waals surface area contributed by atoms with Crippen LogP contribution in [0.15, 0.2) is 29.4 Å². The van der Waals surface area contributed by atoms with E-state index >= 15 is 0 Å². The van der Waals surface area contributed by atoms with Crippen LogP contribution in [0.5, 0.6) is 0 Å². The lowest BCUT2D eigenvalue weighted by Gasteiger charge is -1.99. The monoisotopic (exact) mass is 191 g/mol. The summed E-state index contributed by atoms with van der Waals surface area (Å²) in [5.41, 5.74) is 9.51. The van der Waals surface area contributed by atoms with Crippen LogP contribution in [0.4, 0.5) is 5.69 Å². The van der Waals surface area contributed by atoms with Gasteiger partial charge < -0.3 is 4.74 Å². The van der Waals surface area contributed by atoms with E-state index in [-0.39, 0.29) is 12.4 Å². The van der Waals surface area contributed by atoms with E-state index in [4.69, 9.17) is 5.53 Å². The molecule has 0 bridgehead atoms. The van der Waals surface area contributed by atoms with Gasteiger partial charge in [-0.3, -0.25) is 4.79 Å². The van der Waals surface area contributed by atoms with E-state index in [1.54, 1.807) is 24.3 Å². The molecule has 0 aliphatic rings. The van der Waals surface area contributed by atoms with Crippen molar-refractivity contribution in [2.75, 3.05) is 7.11 Å². The van der Waals surface area contributed by atoms with Gasteiger partial charge in [0.2, 0.25) is 0 Å². The van der Waals surface area contributed by atoms with E-state index in [9.17, 15) is 4.79 Å². The van der Waals surface area contributed by atoms with Crippen molar-refractivity contribution in [2.24, 2.45) is 5.11 Å². The molecule has 1 aromatic carbocycles. The molecular weight excluding hydrogens is 182 g/mol. The number of methoxy groups -OCH3 is 1. The molecular formula is C9H9N3O2. The molecule has 0 heterocycles. The van der Waals surface area contributed by atoms with Gasteiger partial charge in [0.25, 0.3) is 0 Å². The van der Waals surface area contributed by atoms with Crippen LogP contribution in [0.2, 0.25) is 0 Å². The molecule has 0 amide bonds. The molecule has 0 unspecified atom stereocenters. The summed E-state index contributed by atoms with van der Waals surface area (Å²) in [6.45, 7) is 0. The highest BCUT2D eigenvalue weighted by Crippen LogP contribution is 2.13. The summed E-state index contributed by atoms with van der Waals surface area (Å²) >= 11 is 0. The van der Waals surface area contributed by atoms with E-state index in [0.29, 0.717) is 5.69 Å². The molecule has 0 spiro atoms. The lowest BCUT2D eigenvalue weighted by Crippen LogP contribution is -2.03. The van der Waals surface area contributed by atoms with Gasteiger partial charge in [-0.25, -0.2) is 0 Å². The number of carbonyl (C=O) groups is 1. The van der Waals surface area contributed by atoms with Crippen LogP contribution in [0.3, 0.4) is 0 Å². The van der Waals surface area contributed by atoms with Gasteiger partial charge in [0.15, 0.2) is 0 Å². The smallest absolute Gasteiger partial charge is 0.309 e. The summed E-state index contributed by atoms with van der Waals surface area (Å²) in [7, 11) is 1.34. The Labute approximate surface area is 80.9 Å². The lowest BCUT2D eigenvalue weighted by atomic mass is 10.1. The molecule has 0 saturated carbocycles. The molecule has 1 rings (SSSR count). The van der Waals surface area contributed by atoms with Crippen molar-refractivity contribution in [3.63, 3.8) is 0 Å². The SMILES string of the molecule is COC(=O)Cc1ccc(N=[N+]=[N-])cc1. The van der Waals surface area contributed by atoms with Gasteiger partial charge in [-0.05, 0) is 11.1 Å². The Hall–Kier alpha value is -2.00. The Morgan fingerprint density at radius 1 is 1.50 bits per heavy atom. The second-order valence-corrected chi connectivity index (χ2v) is 2.61. The average Bonchev–Trinajstić information content (AvgIpc) is 2.21. The van der Waals surface area contributed by atoms with Gasteiger partial charge in [0.05, 0.1) is 13.5 Å². The van der Waals surface area contributed by atoms with Gasteiger partial charge in [0.1, 0.15) is 0 Å². The molecule has 0 atom stereocenters.